The lowest BCUT2D eigenvalue weighted by atomic mass is 10.2. The van der Waals surface area contributed by atoms with Crippen molar-refractivity contribution in [1.82, 2.24) is 0 Å². The van der Waals surface area contributed by atoms with E-state index in [1.165, 1.54) is 6.08 Å². The summed E-state index contributed by atoms with van der Waals surface area (Å²) in [6.07, 6.45) is 2.30. The second-order valence-corrected chi connectivity index (χ2v) is 6.55. The van der Waals surface area contributed by atoms with Crippen molar-refractivity contribution >= 4 is 37.9 Å². The molecular formula is C17H15Br2NO4. The van der Waals surface area contributed by atoms with E-state index in [9.17, 15) is 10.1 Å². The van der Waals surface area contributed by atoms with Gasteiger partial charge in [0.15, 0.2) is 11.5 Å². The number of benzene rings is 2. The van der Waals surface area contributed by atoms with Gasteiger partial charge in [-0.15, -0.1) is 0 Å². The molecule has 0 aromatic heterocycles. The highest BCUT2D eigenvalue weighted by molar-refractivity contribution is 9.10. The van der Waals surface area contributed by atoms with E-state index in [-0.39, 0.29) is 0 Å². The molecule has 0 fully saturated rings. The summed E-state index contributed by atoms with van der Waals surface area (Å²) in [6.45, 7) is 2.71. The standard InChI is InChI=1S/C17H15Br2NO4/c1-2-23-16-10-13(7-8-20(21)22)9-15(19)17(16)24-11-12-3-5-14(18)6-4-12/h3-10H,2,11H2,1H3. The Kier molecular flexibility index (Phi) is 6.81. The summed E-state index contributed by atoms with van der Waals surface area (Å²) in [7, 11) is 0. The molecule has 0 N–H and O–H groups in total. The molecule has 0 aliphatic rings. The first kappa shape index (κ1) is 18.5. The minimum atomic E-state index is -0.508. The van der Waals surface area contributed by atoms with Crippen molar-refractivity contribution in [3.05, 3.63) is 72.8 Å². The molecule has 2 aromatic rings. The first-order chi connectivity index (χ1) is 11.5. The Bertz CT molecular complexity index is 745. The SMILES string of the molecule is CCOc1cc(C=C[N+](=O)[O-])cc(Br)c1OCc1ccc(Br)cc1. The smallest absolute Gasteiger partial charge is 0.235 e. The van der Waals surface area contributed by atoms with Gasteiger partial charge in [-0.25, -0.2) is 0 Å². The molecule has 5 nitrogen and oxygen atoms in total. The largest absolute Gasteiger partial charge is 0.490 e. The van der Waals surface area contributed by atoms with E-state index in [0.717, 1.165) is 16.2 Å². The van der Waals surface area contributed by atoms with Gasteiger partial charge >= 0.3 is 0 Å². The van der Waals surface area contributed by atoms with Crippen LogP contribution >= 0.6 is 31.9 Å². The molecular weight excluding hydrogens is 442 g/mol. The van der Waals surface area contributed by atoms with Crippen molar-refractivity contribution in [3.63, 3.8) is 0 Å². The van der Waals surface area contributed by atoms with Crippen LogP contribution in [0.4, 0.5) is 0 Å². The number of hydrogen-bond acceptors (Lipinski definition) is 4. The van der Waals surface area contributed by atoms with E-state index >= 15 is 0 Å². The van der Waals surface area contributed by atoms with E-state index < -0.39 is 4.92 Å². The molecule has 0 bridgehead atoms. The van der Waals surface area contributed by atoms with E-state index in [0.29, 0.717) is 34.7 Å². The first-order valence-corrected chi connectivity index (χ1v) is 8.73. The van der Waals surface area contributed by atoms with Gasteiger partial charge in [0.05, 0.1) is 16.0 Å². The molecule has 126 valence electrons. The maximum absolute atomic E-state index is 10.5. The Labute approximate surface area is 156 Å². The molecule has 2 rings (SSSR count). The third-order valence-corrected chi connectivity index (χ3v) is 4.13. The normalized spacial score (nSPS) is 10.8. The second kappa shape index (κ2) is 8.84. The van der Waals surface area contributed by atoms with Gasteiger partial charge in [-0.2, -0.15) is 0 Å². The van der Waals surface area contributed by atoms with E-state index in [1.54, 1.807) is 12.1 Å². The Morgan fingerprint density at radius 2 is 1.88 bits per heavy atom. The van der Waals surface area contributed by atoms with Crippen LogP contribution in [0, 0.1) is 10.1 Å². The zero-order chi connectivity index (χ0) is 17.5. The van der Waals surface area contributed by atoms with Crippen LogP contribution in [0.1, 0.15) is 18.1 Å². The molecule has 0 unspecified atom stereocenters. The lowest BCUT2D eigenvalue weighted by Gasteiger charge is -2.14. The molecule has 0 spiro atoms. The maximum atomic E-state index is 10.5. The fourth-order valence-corrected chi connectivity index (χ4v) is 2.81. The van der Waals surface area contributed by atoms with Gasteiger partial charge in [-0.3, -0.25) is 10.1 Å². The Hall–Kier alpha value is -1.86. The zero-order valence-electron chi connectivity index (χ0n) is 12.9. The van der Waals surface area contributed by atoms with Crippen molar-refractivity contribution in [2.75, 3.05) is 6.61 Å². The number of nitro groups is 1. The van der Waals surface area contributed by atoms with Crippen molar-refractivity contribution in [2.24, 2.45) is 0 Å². The van der Waals surface area contributed by atoms with Crippen molar-refractivity contribution in [2.45, 2.75) is 13.5 Å². The van der Waals surface area contributed by atoms with Crippen LogP contribution in [0.25, 0.3) is 6.08 Å². The summed E-state index contributed by atoms with van der Waals surface area (Å²) in [5.41, 5.74) is 1.67. The quantitative estimate of drug-likeness (QED) is 0.411. The Balaban J connectivity index is 2.23. The van der Waals surface area contributed by atoms with Gasteiger partial charge in [-0.05, 0) is 58.2 Å². The minimum absolute atomic E-state index is 0.385. The van der Waals surface area contributed by atoms with Gasteiger partial charge in [-0.1, -0.05) is 28.1 Å². The van der Waals surface area contributed by atoms with E-state index in [4.69, 9.17) is 9.47 Å². The van der Waals surface area contributed by atoms with Crippen LogP contribution in [-0.4, -0.2) is 11.5 Å². The third-order valence-electron chi connectivity index (χ3n) is 3.02. The summed E-state index contributed by atoms with van der Waals surface area (Å²) in [6, 6.07) is 11.3. The highest BCUT2D eigenvalue weighted by Gasteiger charge is 2.12. The molecule has 0 saturated heterocycles. The van der Waals surface area contributed by atoms with Gasteiger partial charge in [0.2, 0.25) is 6.20 Å². The van der Waals surface area contributed by atoms with Crippen LogP contribution in [0.5, 0.6) is 11.5 Å². The predicted molar refractivity (Wildman–Crippen MR) is 99.8 cm³/mol. The van der Waals surface area contributed by atoms with Crippen LogP contribution < -0.4 is 9.47 Å². The third kappa shape index (κ3) is 5.35. The first-order valence-electron chi connectivity index (χ1n) is 7.15. The molecule has 0 amide bonds. The van der Waals surface area contributed by atoms with E-state index in [2.05, 4.69) is 31.9 Å². The van der Waals surface area contributed by atoms with E-state index in [1.807, 2.05) is 31.2 Å². The molecule has 2 aromatic carbocycles. The summed E-state index contributed by atoms with van der Waals surface area (Å²) in [4.78, 5) is 9.96. The highest BCUT2D eigenvalue weighted by Crippen LogP contribution is 2.37. The second-order valence-electron chi connectivity index (χ2n) is 4.78. The van der Waals surface area contributed by atoms with Crippen molar-refractivity contribution < 1.29 is 14.4 Å². The maximum Gasteiger partial charge on any atom is 0.235 e. The van der Waals surface area contributed by atoms with Crippen molar-refractivity contribution in [3.8, 4) is 11.5 Å². The fraction of sp³-hybridized carbons (Fsp3) is 0.176. The Morgan fingerprint density at radius 3 is 2.50 bits per heavy atom. The molecule has 0 aliphatic carbocycles. The zero-order valence-corrected chi connectivity index (χ0v) is 16.0. The summed E-state index contributed by atoms with van der Waals surface area (Å²) in [5.74, 6) is 1.10. The molecule has 0 saturated carbocycles. The summed E-state index contributed by atoms with van der Waals surface area (Å²) < 4.78 is 13.2. The molecule has 0 radical (unpaired) electrons. The highest BCUT2D eigenvalue weighted by atomic mass is 79.9. The van der Waals surface area contributed by atoms with Crippen LogP contribution in [-0.2, 0) is 6.61 Å². The molecule has 0 aliphatic heterocycles. The number of nitrogens with zero attached hydrogens (tertiary/aromatic N) is 1. The topological polar surface area (TPSA) is 61.6 Å². The number of halogens is 2. The van der Waals surface area contributed by atoms with Gasteiger partial charge in [0, 0.05) is 10.5 Å². The van der Waals surface area contributed by atoms with Crippen molar-refractivity contribution in [1.29, 1.82) is 0 Å². The number of hydrogen-bond donors (Lipinski definition) is 0. The predicted octanol–water partition coefficient (Wildman–Crippen LogP) is 5.44. The monoisotopic (exact) mass is 455 g/mol. The van der Waals surface area contributed by atoms with Crippen LogP contribution in [0.15, 0.2) is 51.5 Å². The minimum Gasteiger partial charge on any atom is -0.490 e. The van der Waals surface area contributed by atoms with Crippen LogP contribution in [0.3, 0.4) is 0 Å². The number of ether oxygens (including phenoxy) is 2. The fourth-order valence-electron chi connectivity index (χ4n) is 1.97. The molecule has 0 atom stereocenters. The lowest BCUT2D eigenvalue weighted by Crippen LogP contribution is -2.01. The summed E-state index contributed by atoms with van der Waals surface area (Å²) >= 11 is 6.84. The lowest BCUT2D eigenvalue weighted by molar-refractivity contribution is -0.400. The molecule has 7 heteroatoms. The average molecular weight is 457 g/mol. The van der Waals surface area contributed by atoms with Gasteiger partial charge in [0.25, 0.3) is 0 Å². The Morgan fingerprint density at radius 1 is 1.17 bits per heavy atom. The number of rotatable bonds is 7. The molecule has 0 heterocycles. The molecule has 24 heavy (non-hydrogen) atoms. The summed E-state index contributed by atoms with van der Waals surface area (Å²) in [5, 5.41) is 10.5. The van der Waals surface area contributed by atoms with Gasteiger partial charge < -0.3 is 9.47 Å². The van der Waals surface area contributed by atoms with Crippen LogP contribution in [0.2, 0.25) is 0 Å². The average Bonchev–Trinajstić information content (AvgIpc) is 2.54. The van der Waals surface area contributed by atoms with Gasteiger partial charge in [0.1, 0.15) is 6.61 Å².